The van der Waals surface area contributed by atoms with E-state index in [0.29, 0.717) is 19.2 Å². The van der Waals surface area contributed by atoms with Crippen molar-refractivity contribution in [3.8, 4) is 5.75 Å². The minimum atomic E-state index is -0.723. The molecule has 0 unspecified atom stereocenters. The maximum absolute atomic E-state index is 14.3. The van der Waals surface area contributed by atoms with Gasteiger partial charge in [0.2, 0.25) is 5.91 Å². The Balaban J connectivity index is 1.75. The third kappa shape index (κ3) is 8.25. The predicted molar refractivity (Wildman–Crippen MR) is 109 cm³/mol. The van der Waals surface area contributed by atoms with Gasteiger partial charge in [0, 0.05) is 31.3 Å². The van der Waals surface area contributed by atoms with Gasteiger partial charge in [-0.3, -0.25) is 15.0 Å². The predicted octanol–water partition coefficient (Wildman–Crippen LogP) is 1.96. The second-order valence-corrected chi connectivity index (χ2v) is 7.23. The molecule has 1 saturated heterocycles. The standard InChI is InChI=1S/C20H31FN4O4/c1-14(13-23-15(2)26)29-20(27)24-16-4-5-19(18(21)12-16)28-11-10-25(3)17-6-8-22-9-7-17/h4-5,12,14,17,22H,6-11,13H2,1-3H3,(H,23,26)(H,24,27)/t14-/m1/s1. The van der Waals surface area contributed by atoms with E-state index < -0.39 is 18.0 Å². The van der Waals surface area contributed by atoms with Crippen LogP contribution in [0.25, 0.3) is 0 Å². The Kier molecular flexibility index (Phi) is 9.14. The summed E-state index contributed by atoms with van der Waals surface area (Å²) >= 11 is 0. The zero-order valence-electron chi connectivity index (χ0n) is 17.3. The normalized spacial score (nSPS) is 15.6. The molecule has 0 bridgehead atoms. The fourth-order valence-electron chi connectivity index (χ4n) is 3.08. The van der Waals surface area contributed by atoms with Crippen molar-refractivity contribution in [2.75, 3.05) is 45.2 Å². The Hall–Kier alpha value is -2.39. The summed E-state index contributed by atoms with van der Waals surface area (Å²) in [5, 5.41) is 8.35. The van der Waals surface area contributed by atoms with E-state index in [9.17, 15) is 14.0 Å². The summed E-state index contributed by atoms with van der Waals surface area (Å²) in [7, 11) is 2.06. The van der Waals surface area contributed by atoms with E-state index in [1.807, 2.05) is 0 Å². The smallest absolute Gasteiger partial charge is 0.411 e. The molecule has 1 atom stereocenters. The summed E-state index contributed by atoms with van der Waals surface area (Å²) in [6.07, 6.45) is 0.970. The number of rotatable bonds is 9. The van der Waals surface area contributed by atoms with Crippen LogP contribution in [0, 0.1) is 5.82 Å². The average Bonchev–Trinajstić information content (AvgIpc) is 2.68. The summed E-state index contributed by atoms with van der Waals surface area (Å²) in [6.45, 7) is 6.37. The molecule has 0 spiro atoms. The van der Waals surface area contributed by atoms with Gasteiger partial charge in [0.15, 0.2) is 11.6 Å². The summed E-state index contributed by atoms with van der Waals surface area (Å²) in [5.41, 5.74) is 0.262. The molecule has 2 amide bonds. The Morgan fingerprint density at radius 1 is 1.34 bits per heavy atom. The van der Waals surface area contributed by atoms with E-state index in [1.165, 1.54) is 19.1 Å². The number of likely N-dealkylation sites (N-methyl/N-ethyl adjacent to an activating group) is 1. The van der Waals surface area contributed by atoms with Crippen LogP contribution in [0.15, 0.2) is 18.2 Å². The number of piperidine rings is 1. The van der Waals surface area contributed by atoms with Crippen molar-refractivity contribution >= 4 is 17.7 Å². The zero-order chi connectivity index (χ0) is 21.2. The average molecular weight is 410 g/mol. The van der Waals surface area contributed by atoms with Crippen molar-refractivity contribution in [1.82, 2.24) is 15.5 Å². The monoisotopic (exact) mass is 410 g/mol. The molecular weight excluding hydrogens is 379 g/mol. The third-order valence-corrected chi connectivity index (χ3v) is 4.76. The molecule has 0 radical (unpaired) electrons. The lowest BCUT2D eigenvalue weighted by Crippen LogP contribution is -2.42. The molecular formula is C20H31FN4O4. The van der Waals surface area contributed by atoms with Crippen molar-refractivity contribution < 1.29 is 23.5 Å². The molecule has 3 N–H and O–H groups in total. The molecule has 0 saturated carbocycles. The van der Waals surface area contributed by atoms with Gasteiger partial charge in [0.25, 0.3) is 0 Å². The van der Waals surface area contributed by atoms with Crippen LogP contribution in [0.3, 0.4) is 0 Å². The van der Waals surface area contributed by atoms with E-state index in [0.717, 1.165) is 25.9 Å². The molecule has 1 aliphatic rings. The van der Waals surface area contributed by atoms with E-state index >= 15 is 0 Å². The van der Waals surface area contributed by atoms with Crippen LogP contribution in [0.5, 0.6) is 5.75 Å². The van der Waals surface area contributed by atoms with Crippen molar-refractivity contribution in [2.24, 2.45) is 0 Å². The van der Waals surface area contributed by atoms with Gasteiger partial charge in [-0.25, -0.2) is 9.18 Å². The lowest BCUT2D eigenvalue weighted by atomic mass is 10.1. The van der Waals surface area contributed by atoms with Crippen LogP contribution in [0.1, 0.15) is 26.7 Å². The molecule has 2 rings (SSSR count). The maximum Gasteiger partial charge on any atom is 0.411 e. The van der Waals surface area contributed by atoms with Crippen molar-refractivity contribution in [3.05, 3.63) is 24.0 Å². The number of anilines is 1. The number of nitrogens with zero attached hydrogens (tertiary/aromatic N) is 1. The first-order valence-corrected chi connectivity index (χ1v) is 9.90. The summed E-state index contributed by atoms with van der Waals surface area (Å²) in [4.78, 5) is 25.0. The molecule has 8 nitrogen and oxygen atoms in total. The van der Waals surface area contributed by atoms with Gasteiger partial charge in [-0.1, -0.05) is 0 Å². The molecule has 162 valence electrons. The number of halogens is 1. The lowest BCUT2D eigenvalue weighted by molar-refractivity contribution is -0.119. The molecule has 1 aromatic rings. The SMILES string of the molecule is CC(=O)NC[C@@H](C)OC(=O)Nc1ccc(OCCN(C)C2CCNCC2)c(F)c1. The van der Waals surface area contributed by atoms with Crippen molar-refractivity contribution in [1.29, 1.82) is 0 Å². The highest BCUT2D eigenvalue weighted by molar-refractivity contribution is 5.84. The van der Waals surface area contributed by atoms with Gasteiger partial charge < -0.3 is 20.1 Å². The van der Waals surface area contributed by atoms with Gasteiger partial charge in [-0.2, -0.15) is 0 Å². The lowest BCUT2D eigenvalue weighted by Gasteiger charge is -2.31. The van der Waals surface area contributed by atoms with Crippen LogP contribution < -0.4 is 20.7 Å². The summed E-state index contributed by atoms with van der Waals surface area (Å²) in [5.74, 6) is -0.624. The Bertz CT molecular complexity index is 682. The van der Waals surface area contributed by atoms with E-state index in [-0.39, 0.29) is 23.9 Å². The van der Waals surface area contributed by atoms with E-state index in [1.54, 1.807) is 13.0 Å². The number of benzene rings is 1. The third-order valence-electron chi connectivity index (χ3n) is 4.76. The fourth-order valence-corrected chi connectivity index (χ4v) is 3.08. The Labute approximate surface area is 171 Å². The topological polar surface area (TPSA) is 91.9 Å². The minimum Gasteiger partial charge on any atom is -0.489 e. The van der Waals surface area contributed by atoms with Gasteiger partial charge in [-0.15, -0.1) is 0 Å². The second-order valence-electron chi connectivity index (χ2n) is 7.23. The minimum absolute atomic E-state index is 0.140. The Morgan fingerprint density at radius 2 is 2.07 bits per heavy atom. The molecule has 0 aliphatic carbocycles. The van der Waals surface area contributed by atoms with Crippen LogP contribution in [-0.2, 0) is 9.53 Å². The van der Waals surface area contributed by atoms with Gasteiger partial charge in [-0.05, 0) is 52.0 Å². The number of hydrogen-bond donors (Lipinski definition) is 3. The van der Waals surface area contributed by atoms with Crippen LogP contribution in [0.4, 0.5) is 14.9 Å². The van der Waals surface area contributed by atoms with Crippen molar-refractivity contribution in [3.63, 3.8) is 0 Å². The summed E-state index contributed by atoms with van der Waals surface area (Å²) < 4.78 is 24.9. The highest BCUT2D eigenvalue weighted by atomic mass is 19.1. The van der Waals surface area contributed by atoms with E-state index in [2.05, 4.69) is 27.9 Å². The molecule has 0 aromatic heterocycles. The highest BCUT2D eigenvalue weighted by Gasteiger charge is 2.17. The number of hydrogen-bond acceptors (Lipinski definition) is 6. The largest absolute Gasteiger partial charge is 0.489 e. The molecule has 1 heterocycles. The van der Waals surface area contributed by atoms with Gasteiger partial charge >= 0.3 is 6.09 Å². The van der Waals surface area contributed by atoms with Crippen LogP contribution in [0.2, 0.25) is 0 Å². The first-order valence-electron chi connectivity index (χ1n) is 9.90. The fraction of sp³-hybridized carbons (Fsp3) is 0.600. The molecule has 1 aliphatic heterocycles. The molecule has 1 fully saturated rings. The van der Waals surface area contributed by atoms with Crippen LogP contribution >= 0.6 is 0 Å². The molecule has 1 aromatic carbocycles. The first kappa shape index (κ1) is 22.9. The van der Waals surface area contributed by atoms with Gasteiger partial charge in [0.05, 0.1) is 6.54 Å². The number of nitrogens with one attached hydrogen (secondary N) is 3. The first-order chi connectivity index (χ1) is 13.8. The quantitative estimate of drug-likeness (QED) is 0.577. The number of carbonyl (C=O) groups excluding carboxylic acids is 2. The van der Waals surface area contributed by atoms with Crippen molar-refractivity contribution in [2.45, 2.75) is 38.8 Å². The summed E-state index contributed by atoms with van der Waals surface area (Å²) in [6, 6.07) is 4.74. The number of amides is 2. The zero-order valence-corrected chi connectivity index (χ0v) is 17.3. The highest BCUT2D eigenvalue weighted by Crippen LogP contribution is 2.21. The van der Waals surface area contributed by atoms with E-state index in [4.69, 9.17) is 9.47 Å². The van der Waals surface area contributed by atoms with Crippen LogP contribution in [-0.4, -0.2) is 68.9 Å². The number of carbonyl (C=O) groups is 2. The molecule has 29 heavy (non-hydrogen) atoms. The van der Waals surface area contributed by atoms with Gasteiger partial charge in [0.1, 0.15) is 12.7 Å². The second kappa shape index (κ2) is 11.6. The maximum atomic E-state index is 14.3. The Morgan fingerprint density at radius 3 is 2.72 bits per heavy atom. The molecule has 9 heteroatoms. The number of ether oxygens (including phenoxy) is 2.